The summed E-state index contributed by atoms with van der Waals surface area (Å²) in [4.78, 5) is 4.63. The number of aryl methyl sites for hydroxylation is 1. The van der Waals surface area contributed by atoms with Crippen molar-refractivity contribution in [3.63, 3.8) is 0 Å². The highest BCUT2D eigenvalue weighted by molar-refractivity contribution is 5.77. The molecule has 2 N–H and O–H groups in total. The molecule has 0 saturated carbocycles. The van der Waals surface area contributed by atoms with E-state index in [1.807, 2.05) is 6.92 Å². The number of hydrogen-bond donors (Lipinski definition) is 1. The van der Waals surface area contributed by atoms with Gasteiger partial charge in [-0.3, -0.25) is 0 Å². The lowest BCUT2D eigenvalue weighted by atomic mass is 10.2. The molecule has 1 aromatic carbocycles. The van der Waals surface area contributed by atoms with E-state index in [-0.39, 0.29) is 6.04 Å². The van der Waals surface area contributed by atoms with Crippen molar-refractivity contribution in [2.45, 2.75) is 39.8 Å². The number of benzene rings is 1. The van der Waals surface area contributed by atoms with Crippen molar-refractivity contribution in [1.82, 2.24) is 9.55 Å². The van der Waals surface area contributed by atoms with Crippen LogP contribution in [-0.4, -0.2) is 9.55 Å². The lowest BCUT2D eigenvalue weighted by molar-refractivity contribution is 0.558. The van der Waals surface area contributed by atoms with Gasteiger partial charge in [-0.15, -0.1) is 0 Å². The van der Waals surface area contributed by atoms with Crippen LogP contribution in [0.25, 0.3) is 11.0 Å². The van der Waals surface area contributed by atoms with Crippen LogP contribution < -0.4 is 5.73 Å². The van der Waals surface area contributed by atoms with Gasteiger partial charge in [0.1, 0.15) is 5.82 Å². The van der Waals surface area contributed by atoms with Gasteiger partial charge in [-0.25, -0.2) is 4.98 Å². The number of aromatic nitrogens is 2. The van der Waals surface area contributed by atoms with Gasteiger partial charge in [0.05, 0.1) is 17.1 Å². The monoisotopic (exact) mass is 217 g/mol. The SMILES string of the molecule is Cc1ccc2c(c1)nc(C(C)N)n2C(C)C. The molecule has 1 heterocycles. The first-order valence-corrected chi connectivity index (χ1v) is 5.74. The van der Waals surface area contributed by atoms with E-state index >= 15 is 0 Å². The predicted octanol–water partition coefficient (Wildman–Crippen LogP) is 2.95. The Morgan fingerprint density at radius 2 is 1.94 bits per heavy atom. The summed E-state index contributed by atoms with van der Waals surface area (Å²) in [7, 11) is 0. The molecule has 1 atom stereocenters. The van der Waals surface area contributed by atoms with Crippen LogP contribution in [0.15, 0.2) is 18.2 Å². The van der Waals surface area contributed by atoms with E-state index in [4.69, 9.17) is 5.73 Å². The molecular formula is C13H19N3. The molecule has 0 saturated heterocycles. The summed E-state index contributed by atoms with van der Waals surface area (Å²) in [6.45, 7) is 8.38. The standard InChI is InChI=1S/C13H19N3/c1-8(2)16-12-6-5-9(3)7-11(12)15-13(16)10(4)14/h5-8,10H,14H2,1-4H3. The quantitative estimate of drug-likeness (QED) is 0.840. The van der Waals surface area contributed by atoms with Crippen molar-refractivity contribution >= 4 is 11.0 Å². The van der Waals surface area contributed by atoms with Crippen LogP contribution in [0.4, 0.5) is 0 Å². The van der Waals surface area contributed by atoms with Gasteiger partial charge in [0.15, 0.2) is 0 Å². The first kappa shape index (κ1) is 11.1. The fourth-order valence-electron chi connectivity index (χ4n) is 2.09. The molecule has 0 aliphatic heterocycles. The molecule has 1 aromatic heterocycles. The Balaban J connectivity index is 2.75. The van der Waals surface area contributed by atoms with Crippen molar-refractivity contribution in [2.24, 2.45) is 5.73 Å². The number of rotatable bonds is 2. The second kappa shape index (κ2) is 3.91. The number of hydrogen-bond acceptors (Lipinski definition) is 2. The normalized spacial score (nSPS) is 13.6. The van der Waals surface area contributed by atoms with Crippen molar-refractivity contribution in [1.29, 1.82) is 0 Å². The van der Waals surface area contributed by atoms with Crippen LogP contribution in [0.2, 0.25) is 0 Å². The Labute approximate surface area is 96.3 Å². The predicted molar refractivity (Wildman–Crippen MR) is 67.5 cm³/mol. The first-order chi connectivity index (χ1) is 7.50. The van der Waals surface area contributed by atoms with Crippen molar-refractivity contribution < 1.29 is 0 Å². The molecule has 3 heteroatoms. The average Bonchev–Trinajstić information content (AvgIpc) is 2.55. The zero-order valence-electron chi connectivity index (χ0n) is 10.4. The minimum Gasteiger partial charge on any atom is -0.324 e. The topological polar surface area (TPSA) is 43.8 Å². The Bertz CT molecular complexity index is 509. The summed E-state index contributed by atoms with van der Waals surface area (Å²) in [6.07, 6.45) is 0. The molecule has 0 aliphatic rings. The molecule has 0 aliphatic carbocycles. The van der Waals surface area contributed by atoms with Gasteiger partial charge in [-0.2, -0.15) is 0 Å². The summed E-state index contributed by atoms with van der Waals surface area (Å²) in [6, 6.07) is 6.71. The van der Waals surface area contributed by atoms with Crippen LogP contribution in [-0.2, 0) is 0 Å². The van der Waals surface area contributed by atoms with E-state index in [0.29, 0.717) is 6.04 Å². The molecule has 0 radical (unpaired) electrons. The zero-order valence-corrected chi connectivity index (χ0v) is 10.4. The number of imidazole rings is 1. The van der Waals surface area contributed by atoms with Crippen LogP contribution in [0.5, 0.6) is 0 Å². The van der Waals surface area contributed by atoms with E-state index in [0.717, 1.165) is 11.3 Å². The van der Waals surface area contributed by atoms with Crippen molar-refractivity contribution in [3.8, 4) is 0 Å². The third-order valence-electron chi connectivity index (χ3n) is 2.80. The van der Waals surface area contributed by atoms with Gasteiger partial charge in [0, 0.05) is 6.04 Å². The van der Waals surface area contributed by atoms with Gasteiger partial charge in [-0.1, -0.05) is 6.07 Å². The van der Waals surface area contributed by atoms with Gasteiger partial charge in [-0.05, 0) is 45.4 Å². The molecule has 2 aromatic rings. The van der Waals surface area contributed by atoms with Crippen LogP contribution in [0, 0.1) is 6.92 Å². The molecule has 0 bridgehead atoms. The summed E-state index contributed by atoms with van der Waals surface area (Å²) in [5.74, 6) is 0.968. The van der Waals surface area contributed by atoms with Crippen LogP contribution >= 0.6 is 0 Å². The minimum atomic E-state index is -0.0323. The third-order valence-corrected chi connectivity index (χ3v) is 2.80. The first-order valence-electron chi connectivity index (χ1n) is 5.74. The second-order valence-electron chi connectivity index (χ2n) is 4.71. The molecule has 1 unspecified atom stereocenters. The number of nitrogens with zero attached hydrogens (tertiary/aromatic N) is 2. The summed E-state index contributed by atoms with van der Waals surface area (Å²) in [5.41, 5.74) is 9.42. The maximum Gasteiger partial charge on any atom is 0.126 e. The van der Waals surface area contributed by atoms with Gasteiger partial charge >= 0.3 is 0 Å². The van der Waals surface area contributed by atoms with Crippen molar-refractivity contribution in [2.75, 3.05) is 0 Å². The molecule has 16 heavy (non-hydrogen) atoms. The van der Waals surface area contributed by atoms with Crippen molar-refractivity contribution in [3.05, 3.63) is 29.6 Å². The lowest BCUT2D eigenvalue weighted by Crippen LogP contribution is -2.14. The largest absolute Gasteiger partial charge is 0.324 e. The Kier molecular flexibility index (Phi) is 2.72. The van der Waals surface area contributed by atoms with E-state index in [1.165, 1.54) is 11.1 Å². The molecule has 2 rings (SSSR count). The molecular weight excluding hydrogens is 198 g/mol. The Hall–Kier alpha value is -1.35. The van der Waals surface area contributed by atoms with Gasteiger partial charge < -0.3 is 10.3 Å². The van der Waals surface area contributed by atoms with E-state index in [9.17, 15) is 0 Å². The number of nitrogens with two attached hydrogens (primary N) is 1. The number of fused-ring (bicyclic) bond motifs is 1. The smallest absolute Gasteiger partial charge is 0.126 e. The average molecular weight is 217 g/mol. The van der Waals surface area contributed by atoms with E-state index in [2.05, 4.69) is 48.5 Å². The third kappa shape index (κ3) is 1.71. The van der Waals surface area contributed by atoms with Crippen LogP contribution in [0.3, 0.4) is 0 Å². The Morgan fingerprint density at radius 3 is 2.50 bits per heavy atom. The minimum absolute atomic E-state index is 0.0323. The molecule has 0 amide bonds. The highest BCUT2D eigenvalue weighted by Gasteiger charge is 2.15. The summed E-state index contributed by atoms with van der Waals surface area (Å²) >= 11 is 0. The summed E-state index contributed by atoms with van der Waals surface area (Å²) in [5, 5.41) is 0. The maximum absolute atomic E-state index is 5.97. The molecule has 86 valence electrons. The highest BCUT2D eigenvalue weighted by atomic mass is 15.1. The molecule has 0 spiro atoms. The Morgan fingerprint density at radius 1 is 1.25 bits per heavy atom. The van der Waals surface area contributed by atoms with E-state index in [1.54, 1.807) is 0 Å². The maximum atomic E-state index is 5.97. The van der Waals surface area contributed by atoms with E-state index < -0.39 is 0 Å². The highest BCUT2D eigenvalue weighted by Crippen LogP contribution is 2.24. The summed E-state index contributed by atoms with van der Waals surface area (Å²) < 4.78 is 2.22. The zero-order chi connectivity index (χ0) is 11.9. The fourth-order valence-corrected chi connectivity index (χ4v) is 2.09. The lowest BCUT2D eigenvalue weighted by Gasteiger charge is -2.14. The van der Waals surface area contributed by atoms with Gasteiger partial charge in [0.2, 0.25) is 0 Å². The molecule has 0 fully saturated rings. The van der Waals surface area contributed by atoms with Crippen LogP contribution in [0.1, 0.15) is 44.2 Å². The second-order valence-corrected chi connectivity index (χ2v) is 4.71. The van der Waals surface area contributed by atoms with Gasteiger partial charge in [0.25, 0.3) is 0 Å². The fraction of sp³-hybridized carbons (Fsp3) is 0.462. The molecule has 3 nitrogen and oxygen atoms in total.